The molecule has 0 bridgehead atoms. The molecule has 2 N–H and O–H groups in total. The van der Waals surface area contributed by atoms with Gasteiger partial charge in [0.1, 0.15) is 0 Å². The lowest BCUT2D eigenvalue weighted by molar-refractivity contribution is 0.114. The number of rotatable bonds is 4. The number of aliphatic hydroxyl groups is 1. The lowest BCUT2D eigenvalue weighted by Gasteiger charge is -2.28. The zero-order valence-electron chi connectivity index (χ0n) is 8.50. The minimum atomic E-state index is -0.0484. The molecule has 1 unspecified atom stereocenters. The van der Waals surface area contributed by atoms with Crippen molar-refractivity contribution in [3.63, 3.8) is 0 Å². The van der Waals surface area contributed by atoms with Crippen LogP contribution in [-0.2, 0) is 0 Å². The van der Waals surface area contributed by atoms with E-state index in [1.54, 1.807) is 0 Å². The summed E-state index contributed by atoms with van der Waals surface area (Å²) in [6, 6.07) is 1.14. The zero-order valence-corrected chi connectivity index (χ0v) is 8.50. The first-order chi connectivity index (χ1) is 6.22. The van der Waals surface area contributed by atoms with Crippen molar-refractivity contribution in [1.82, 2.24) is 5.32 Å². The van der Waals surface area contributed by atoms with Gasteiger partial charge in [-0.3, -0.25) is 0 Å². The molecule has 1 rings (SSSR count). The van der Waals surface area contributed by atoms with Crippen LogP contribution in [0.2, 0.25) is 0 Å². The number of hydrogen-bond acceptors (Lipinski definition) is 2. The summed E-state index contributed by atoms with van der Waals surface area (Å²) in [4.78, 5) is 0. The Morgan fingerprint density at radius 3 is 2.62 bits per heavy atom. The van der Waals surface area contributed by atoms with Crippen molar-refractivity contribution in [1.29, 1.82) is 0 Å². The highest BCUT2D eigenvalue weighted by atomic mass is 16.3. The van der Waals surface area contributed by atoms with Gasteiger partial charge in [-0.2, -0.15) is 0 Å². The lowest BCUT2D eigenvalue weighted by atomic mass is 9.92. The summed E-state index contributed by atoms with van der Waals surface area (Å²) in [6.45, 7) is 5.91. The van der Waals surface area contributed by atoms with Crippen LogP contribution in [0.5, 0.6) is 0 Å². The standard InChI is InChI=1S/C11H21NO/c1-3-4-9(2)12-10-5-7-11(13)8-6-10/h3,9-13H,1,4-8H2,2H3. The molecule has 1 aliphatic rings. The highest BCUT2D eigenvalue weighted by molar-refractivity contribution is 4.81. The zero-order chi connectivity index (χ0) is 9.68. The molecule has 1 atom stereocenters. The number of aliphatic hydroxyl groups excluding tert-OH is 1. The molecule has 2 heteroatoms. The molecule has 0 aromatic heterocycles. The SMILES string of the molecule is C=CCC(C)NC1CCC(O)CC1. The molecule has 0 aromatic carbocycles. The molecule has 0 heterocycles. The van der Waals surface area contributed by atoms with Crippen LogP contribution in [0.3, 0.4) is 0 Å². The fraction of sp³-hybridized carbons (Fsp3) is 0.818. The first kappa shape index (κ1) is 10.7. The molecule has 0 amide bonds. The summed E-state index contributed by atoms with van der Waals surface area (Å²) in [7, 11) is 0. The third-order valence-electron chi connectivity index (χ3n) is 2.74. The molecule has 13 heavy (non-hydrogen) atoms. The minimum Gasteiger partial charge on any atom is -0.393 e. The molecular weight excluding hydrogens is 162 g/mol. The van der Waals surface area contributed by atoms with E-state index < -0.39 is 0 Å². The van der Waals surface area contributed by atoms with Gasteiger partial charge in [-0.05, 0) is 39.0 Å². The fourth-order valence-electron chi connectivity index (χ4n) is 1.96. The lowest BCUT2D eigenvalue weighted by Crippen LogP contribution is -2.39. The molecule has 76 valence electrons. The summed E-state index contributed by atoms with van der Waals surface area (Å²) in [5.74, 6) is 0. The quantitative estimate of drug-likeness (QED) is 0.652. The average molecular weight is 183 g/mol. The maximum atomic E-state index is 9.32. The summed E-state index contributed by atoms with van der Waals surface area (Å²) in [5.41, 5.74) is 0. The summed E-state index contributed by atoms with van der Waals surface area (Å²) in [6.07, 6.45) is 7.07. The van der Waals surface area contributed by atoms with Gasteiger partial charge in [0.05, 0.1) is 6.10 Å². The first-order valence-corrected chi connectivity index (χ1v) is 5.27. The van der Waals surface area contributed by atoms with E-state index in [1.807, 2.05) is 6.08 Å². The monoisotopic (exact) mass is 183 g/mol. The average Bonchev–Trinajstić information content (AvgIpc) is 2.09. The normalized spacial score (nSPS) is 31.2. The second-order valence-corrected chi connectivity index (χ2v) is 4.10. The molecule has 0 spiro atoms. The van der Waals surface area contributed by atoms with Crippen molar-refractivity contribution in [2.75, 3.05) is 0 Å². The molecule has 0 aromatic rings. The van der Waals surface area contributed by atoms with Crippen molar-refractivity contribution < 1.29 is 5.11 Å². The van der Waals surface area contributed by atoms with E-state index in [9.17, 15) is 5.11 Å². The third kappa shape index (κ3) is 3.92. The van der Waals surface area contributed by atoms with Gasteiger partial charge in [0.15, 0.2) is 0 Å². The van der Waals surface area contributed by atoms with Crippen LogP contribution < -0.4 is 5.32 Å². The summed E-state index contributed by atoms with van der Waals surface area (Å²) >= 11 is 0. The van der Waals surface area contributed by atoms with Gasteiger partial charge in [0, 0.05) is 12.1 Å². The van der Waals surface area contributed by atoms with E-state index in [1.165, 1.54) is 0 Å². The van der Waals surface area contributed by atoms with Crippen molar-refractivity contribution >= 4 is 0 Å². The largest absolute Gasteiger partial charge is 0.393 e. The Hall–Kier alpha value is -0.340. The van der Waals surface area contributed by atoms with Crippen molar-refractivity contribution in [3.05, 3.63) is 12.7 Å². The van der Waals surface area contributed by atoms with Gasteiger partial charge in [-0.1, -0.05) is 6.08 Å². The molecular formula is C11H21NO. The molecule has 0 aliphatic heterocycles. The maximum Gasteiger partial charge on any atom is 0.0541 e. The van der Waals surface area contributed by atoms with Crippen molar-refractivity contribution in [2.24, 2.45) is 0 Å². The minimum absolute atomic E-state index is 0.0484. The van der Waals surface area contributed by atoms with Gasteiger partial charge in [0.2, 0.25) is 0 Å². The molecule has 2 nitrogen and oxygen atoms in total. The molecule has 1 aliphatic carbocycles. The highest BCUT2D eigenvalue weighted by Gasteiger charge is 2.19. The Balaban J connectivity index is 2.18. The Morgan fingerprint density at radius 2 is 2.08 bits per heavy atom. The van der Waals surface area contributed by atoms with Crippen LogP contribution >= 0.6 is 0 Å². The van der Waals surface area contributed by atoms with E-state index in [2.05, 4.69) is 18.8 Å². The second-order valence-electron chi connectivity index (χ2n) is 4.10. The number of nitrogens with one attached hydrogen (secondary N) is 1. The molecule has 0 radical (unpaired) electrons. The fourth-order valence-corrected chi connectivity index (χ4v) is 1.96. The molecule has 1 fully saturated rings. The smallest absolute Gasteiger partial charge is 0.0541 e. The Kier molecular flexibility index (Phi) is 4.46. The van der Waals surface area contributed by atoms with E-state index in [-0.39, 0.29) is 6.10 Å². The van der Waals surface area contributed by atoms with Gasteiger partial charge in [0.25, 0.3) is 0 Å². The summed E-state index contributed by atoms with van der Waals surface area (Å²) < 4.78 is 0. The van der Waals surface area contributed by atoms with Crippen LogP contribution in [0.1, 0.15) is 39.0 Å². The first-order valence-electron chi connectivity index (χ1n) is 5.27. The predicted molar refractivity (Wildman–Crippen MR) is 55.7 cm³/mol. The van der Waals surface area contributed by atoms with Crippen LogP contribution in [0, 0.1) is 0 Å². The van der Waals surface area contributed by atoms with Gasteiger partial charge >= 0.3 is 0 Å². The van der Waals surface area contributed by atoms with Crippen molar-refractivity contribution in [2.45, 2.75) is 57.2 Å². The topological polar surface area (TPSA) is 32.3 Å². The third-order valence-corrected chi connectivity index (χ3v) is 2.74. The Labute approximate surface area is 81.0 Å². The van der Waals surface area contributed by atoms with Crippen LogP contribution in [0.25, 0.3) is 0 Å². The van der Waals surface area contributed by atoms with Crippen LogP contribution in [0.4, 0.5) is 0 Å². The van der Waals surface area contributed by atoms with Crippen molar-refractivity contribution in [3.8, 4) is 0 Å². The van der Waals surface area contributed by atoms with Crippen LogP contribution in [-0.4, -0.2) is 23.3 Å². The van der Waals surface area contributed by atoms with Gasteiger partial charge in [-0.25, -0.2) is 0 Å². The van der Waals surface area contributed by atoms with E-state index in [4.69, 9.17) is 0 Å². The van der Waals surface area contributed by atoms with Crippen LogP contribution in [0.15, 0.2) is 12.7 Å². The predicted octanol–water partition coefficient (Wildman–Crippen LogP) is 1.84. The second kappa shape index (κ2) is 5.40. The Bertz CT molecular complexity index is 150. The van der Waals surface area contributed by atoms with E-state index in [0.29, 0.717) is 12.1 Å². The van der Waals surface area contributed by atoms with Gasteiger partial charge < -0.3 is 10.4 Å². The molecule has 0 saturated heterocycles. The number of hydrogen-bond donors (Lipinski definition) is 2. The maximum absolute atomic E-state index is 9.32. The summed E-state index contributed by atoms with van der Waals surface area (Å²) in [5, 5.41) is 12.9. The molecule has 1 saturated carbocycles. The highest BCUT2D eigenvalue weighted by Crippen LogP contribution is 2.18. The van der Waals surface area contributed by atoms with Gasteiger partial charge in [-0.15, -0.1) is 6.58 Å². The Morgan fingerprint density at radius 1 is 1.46 bits per heavy atom. The van der Waals surface area contributed by atoms with E-state index >= 15 is 0 Å². The van der Waals surface area contributed by atoms with E-state index in [0.717, 1.165) is 32.1 Å².